The molecule has 0 spiro atoms. The van der Waals surface area contributed by atoms with Crippen LogP contribution in [0.1, 0.15) is 23.6 Å². The van der Waals surface area contributed by atoms with Gasteiger partial charge in [0.15, 0.2) is 6.10 Å². The third kappa shape index (κ3) is 7.33. The van der Waals surface area contributed by atoms with Gasteiger partial charge in [-0.2, -0.15) is 0 Å². The van der Waals surface area contributed by atoms with Gasteiger partial charge in [0.2, 0.25) is 0 Å². The van der Waals surface area contributed by atoms with Gasteiger partial charge in [-0.05, 0) is 18.1 Å². The zero-order chi connectivity index (χ0) is 21.2. The van der Waals surface area contributed by atoms with Crippen LogP contribution in [0, 0.1) is 5.41 Å². The van der Waals surface area contributed by atoms with Crippen molar-refractivity contribution in [2.45, 2.75) is 26.2 Å². The molecule has 0 aromatic heterocycles. The fourth-order valence-electron chi connectivity index (χ4n) is 2.28. The summed E-state index contributed by atoms with van der Waals surface area (Å²) in [4.78, 5) is 34.2. The van der Waals surface area contributed by atoms with Crippen molar-refractivity contribution in [3.05, 3.63) is 71.3 Å². The second-order valence-electron chi connectivity index (χ2n) is 6.06. The molecule has 1 atom stereocenters. The largest absolute Gasteiger partial charge is 0.444 e. The Hall–Kier alpha value is -3.88. The summed E-state index contributed by atoms with van der Waals surface area (Å²) in [6.07, 6.45) is -2.74. The Labute approximate surface area is 167 Å². The summed E-state index contributed by atoms with van der Waals surface area (Å²) >= 11 is 0. The van der Waals surface area contributed by atoms with Crippen LogP contribution in [-0.4, -0.2) is 30.0 Å². The second-order valence-corrected chi connectivity index (χ2v) is 6.06. The van der Waals surface area contributed by atoms with Crippen molar-refractivity contribution in [2.75, 3.05) is 0 Å². The minimum atomic E-state index is -1.02. The molecule has 0 radical (unpaired) electrons. The predicted molar refractivity (Wildman–Crippen MR) is 105 cm³/mol. The third-order valence-electron chi connectivity index (χ3n) is 3.81. The topological polar surface area (TPSA) is 144 Å². The van der Waals surface area contributed by atoms with Crippen LogP contribution in [0.4, 0.5) is 9.59 Å². The van der Waals surface area contributed by atoms with Crippen molar-refractivity contribution < 1.29 is 23.9 Å². The Morgan fingerprint density at radius 3 is 2.31 bits per heavy atom. The Balaban J connectivity index is 1.79. The number of hydrogen-bond donors (Lipinski definition) is 4. The maximum Gasteiger partial charge on any atom is 0.413 e. The maximum absolute atomic E-state index is 11.8. The maximum atomic E-state index is 11.8. The molecule has 29 heavy (non-hydrogen) atoms. The molecule has 9 heteroatoms. The summed E-state index contributed by atoms with van der Waals surface area (Å²) in [5.74, 6) is -0.592. The van der Waals surface area contributed by atoms with Crippen LogP contribution in [0.5, 0.6) is 0 Å². The van der Waals surface area contributed by atoms with Gasteiger partial charge in [0.1, 0.15) is 12.4 Å². The van der Waals surface area contributed by atoms with E-state index in [4.69, 9.17) is 15.9 Å². The van der Waals surface area contributed by atoms with E-state index in [0.29, 0.717) is 5.56 Å². The number of ether oxygens (including phenoxy) is 2. The first-order valence-corrected chi connectivity index (χ1v) is 8.74. The molecule has 9 nitrogen and oxygen atoms in total. The zero-order valence-corrected chi connectivity index (χ0v) is 15.8. The van der Waals surface area contributed by atoms with Gasteiger partial charge in [-0.3, -0.25) is 15.5 Å². The molecule has 0 aliphatic heterocycles. The Morgan fingerprint density at radius 2 is 1.69 bits per heavy atom. The van der Waals surface area contributed by atoms with E-state index in [1.165, 1.54) is 6.92 Å². The molecule has 152 valence electrons. The number of amides is 3. The lowest BCUT2D eigenvalue weighted by molar-refractivity contribution is -0.128. The van der Waals surface area contributed by atoms with E-state index in [9.17, 15) is 14.4 Å². The number of rotatable bonds is 7. The molecule has 2 aromatic rings. The molecule has 0 bridgehead atoms. The Kier molecular flexibility index (Phi) is 7.72. The Morgan fingerprint density at radius 1 is 1.03 bits per heavy atom. The van der Waals surface area contributed by atoms with Crippen molar-refractivity contribution in [1.82, 2.24) is 10.6 Å². The van der Waals surface area contributed by atoms with Crippen LogP contribution in [0.15, 0.2) is 54.6 Å². The first-order chi connectivity index (χ1) is 13.8. The van der Waals surface area contributed by atoms with E-state index in [1.54, 1.807) is 24.3 Å². The predicted octanol–water partition coefficient (Wildman–Crippen LogP) is 2.04. The van der Waals surface area contributed by atoms with Crippen molar-refractivity contribution >= 4 is 23.9 Å². The molecule has 0 fully saturated rings. The van der Waals surface area contributed by atoms with Gasteiger partial charge in [-0.1, -0.05) is 54.6 Å². The minimum Gasteiger partial charge on any atom is -0.444 e. The zero-order valence-electron chi connectivity index (χ0n) is 15.8. The van der Waals surface area contributed by atoms with Gasteiger partial charge in [0, 0.05) is 12.1 Å². The van der Waals surface area contributed by atoms with E-state index in [1.807, 2.05) is 30.3 Å². The van der Waals surface area contributed by atoms with Gasteiger partial charge in [-0.25, -0.2) is 9.59 Å². The van der Waals surface area contributed by atoms with Gasteiger partial charge < -0.3 is 20.5 Å². The molecule has 3 amide bonds. The first-order valence-electron chi connectivity index (χ1n) is 8.74. The van der Waals surface area contributed by atoms with Crippen LogP contribution in [0.3, 0.4) is 0 Å². The summed E-state index contributed by atoms with van der Waals surface area (Å²) in [5.41, 5.74) is 6.94. The number of carbonyl (C=O) groups excluding carboxylic acids is 3. The smallest absolute Gasteiger partial charge is 0.413 e. The van der Waals surface area contributed by atoms with E-state index in [-0.39, 0.29) is 19.0 Å². The van der Waals surface area contributed by atoms with E-state index in [2.05, 4.69) is 15.4 Å². The Bertz CT molecular complexity index is 868. The van der Waals surface area contributed by atoms with Crippen molar-refractivity contribution in [2.24, 2.45) is 5.73 Å². The van der Waals surface area contributed by atoms with Crippen LogP contribution in [0.2, 0.25) is 0 Å². The highest BCUT2D eigenvalue weighted by molar-refractivity contribution is 6.04. The molecule has 0 aliphatic rings. The first kappa shape index (κ1) is 21.4. The molecule has 2 aromatic carbocycles. The number of hydrogen-bond acceptors (Lipinski definition) is 6. The third-order valence-corrected chi connectivity index (χ3v) is 3.81. The molecule has 0 heterocycles. The highest BCUT2D eigenvalue weighted by atomic mass is 16.6. The number of benzene rings is 2. The highest BCUT2D eigenvalue weighted by Gasteiger charge is 2.15. The van der Waals surface area contributed by atoms with E-state index < -0.39 is 24.2 Å². The molecule has 0 saturated heterocycles. The van der Waals surface area contributed by atoms with Gasteiger partial charge in [0.05, 0.1) is 0 Å². The van der Waals surface area contributed by atoms with Crippen molar-refractivity contribution in [1.29, 1.82) is 5.41 Å². The quantitative estimate of drug-likeness (QED) is 0.417. The number of amidine groups is 1. The molecule has 1 unspecified atom stereocenters. The number of carbonyl (C=O) groups is 3. The molecule has 5 N–H and O–H groups in total. The second kappa shape index (κ2) is 10.5. The van der Waals surface area contributed by atoms with Gasteiger partial charge in [-0.15, -0.1) is 0 Å². The van der Waals surface area contributed by atoms with Crippen molar-refractivity contribution in [3.63, 3.8) is 0 Å². The minimum absolute atomic E-state index is 0.108. The lowest BCUT2D eigenvalue weighted by Gasteiger charge is -2.12. The fourth-order valence-corrected chi connectivity index (χ4v) is 2.28. The van der Waals surface area contributed by atoms with Crippen molar-refractivity contribution in [3.8, 4) is 0 Å². The van der Waals surface area contributed by atoms with E-state index >= 15 is 0 Å². The summed E-state index contributed by atoms with van der Waals surface area (Å²) in [6, 6.07) is 15.9. The SMILES string of the molecule is CC(OC(N)=O)C(=O)NCc1ccc(C(=N)NC(=O)OCc2ccccc2)cc1. The number of primary amides is 1. The fraction of sp³-hybridized carbons (Fsp3) is 0.200. The summed E-state index contributed by atoms with van der Waals surface area (Å²) in [7, 11) is 0. The lowest BCUT2D eigenvalue weighted by Crippen LogP contribution is -2.36. The van der Waals surface area contributed by atoms with Crippen LogP contribution in [0.25, 0.3) is 0 Å². The molecular formula is C20H22N4O5. The average molecular weight is 398 g/mol. The lowest BCUT2D eigenvalue weighted by atomic mass is 10.1. The summed E-state index contributed by atoms with van der Waals surface area (Å²) < 4.78 is 9.66. The van der Waals surface area contributed by atoms with Gasteiger partial charge in [0.25, 0.3) is 5.91 Å². The number of nitrogens with one attached hydrogen (secondary N) is 3. The van der Waals surface area contributed by atoms with E-state index in [0.717, 1.165) is 11.1 Å². The van der Waals surface area contributed by atoms with Crippen LogP contribution in [-0.2, 0) is 27.4 Å². The normalized spacial score (nSPS) is 11.1. The molecule has 0 aliphatic carbocycles. The average Bonchev–Trinajstić information content (AvgIpc) is 2.71. The number of alkyl carbamates (subject to hydrolysis) is 1. The standard InChI is InChI=1S/C20H22N4O5/c1-13(29-19(22)26)18(25)23-11-14-7-9-16(10-8-14)17(21)24-20(27)28-12-15-5-3-2-4-6-15/h2-10,13H,11-12H2,1H3,(H2,22,26)(H,23,25)(H2,21,24,27). The number of nitrogens with two attached hydrogens (primary N) is 1. The monoisotopic (exact) mass is 398 g/mol. The molecule has 2 rings (SSSR count). The summed E-state index contributed by atoms with van der Waals surface area (Å²) in [5, 5.41) is 12.9. The van der Waals surface area contributed by atoms with Crippen LogP contribution < -0.4 is 16.4 Å². The van der Waals surface area contributed by atoms with Crippen LogP contribution >= 0.6 is 0 Å². The molecular weight excluding hydrogens is 376 g/mol. The summed E-state index contributed by atoms with van der Waals surface area (Å²) in [6.45, 7) is 1.72. The molecule has 0 saturated carbocycles. The van der Waals surface area contributed by atoms with Gasteiger partial charge >= 0.3 is 12.2 Å². The highest BCUT2D eigenvalue weighted by Crippen LogP contribution is 2.06.